The average Bonchev–Trinajstić information content (AvgIpc) is 2.98. The van der Waals surface area contributed by atoms with Crippen LogP contribution in [0.3, 0.4) is 0 Å². The maximum atomic E-state index is 4.30. The monoisotopic (exact) mass is 264 g/mol. The van der Waals surface area contributed by atoms with Gasteiger partial charge >= 0.3 is 0 Å². The lowest BCUT2D eigenvalue weighted by atomic mass is 10.3. The number of likely N-dealkylation sites (N-methyl/N-ethyl adjacent to an activating group) is 1. The van der Waals surface area contributed by atoms with Gasteiger partial charge in [-0.2, -0.15) is 11.3 Å². The van der Waals surface area contributed by atoms with Crippen LogP contribution in [0.1, 0.15) is 11.4 Å². The van der Waals surface area contributed by atoms with E-state index in [1.165, 1.54) is 5.56 Å². The van der Waals surface area contributed by atoms with Gasteiger partial charge in [-0.15, -0.1) is 0 Å². The number of rotatable bonds is 7. The Hall–Kier alpha value is -1.17. The lowest BCUT2D eigenvalue weighted by Gasteiger charge is -2.22. The van der Waals surface area contributed by atoms with Crippen LogP contribution in [-0.4, -0.2) is 47.0 Å². The van der Waals surface area contributed by atoms with Crippen LogP contribution in [0.2, 0.25) is 0 Å². The summed E-state index contributed by atoms with van der Waals surface area (Å²) in [6.45, 7) is 3.96. The van der Waals surface area contributed by atoms with Crippen molar-refractivity contribution in [2.45, 2.75) is 13.1 Å². The zero-order valence-electron chi connectivity index (χ0n) is 11.0. The van der Waals surface area contributed by atoms with Crippen molar-refractivity contribution in [1.82, 2.24) is 19.8 Å². The number of nitrogens with one attached hydrogen (secondary N) is 1. The third-order valence-electron chi connectivity index (χ3n) is 2.78. The van der Waals surface area contributed by atoms with E-state index in [0.717, 1.165) is 32.0 Å². The Morgan fingerprint density at radius 3 is 2.78 bits per heavy atom. The molecule has 0 aliphatic rings. The van der Waals surface area contributed by atoms with E-state index in [4.69, 9.17) is 0 Å². The van der Waals surface area contributed by atoms with Gasteiger partial charge in [-0.1, -0.05) is 0 Å². The van der Waals surface area contributed by atoms with Gasteiger partial charge in [0.15, 0.2) is 0 Å². The maximum absolute atomic E-state index is 4.30. The highest BCUT2D eigenvalue weighted by Gasteiger charge is 2.09. The largest absolute Gasteiger partial charge is 0.348 e. The van der Waals surface area contributed by atoms with Crippen molar-refractivity contribution >= 4 is 11.3 Å². The molecule has 0 aliphatic heterocycles. The van der Waals surface area contributed by atoms with E-state index in [1.54, 1.807) is 11.3 Å². The zero-order valence-corrected chi connectivity index (χ0v) is 11.8. The van der Waals surface area contributed by atoms with E-state index in [0.29, 0.717) is 0 Å². The second-order valence-electron chi connectivity index (χ2n) is 4.68. The van der Waals surface area contributed by atoms with Crippen LogP contribution < -0.4 is 0 Å². The number of aromatic amines is 1. The molecule has 98 valence electrons. The van der Waals surface area contributed by atoms with Gasteiger partial charge in [-0.3, -0.25) is 4.90 Å². The fraction of sp³-hybridized carbons (Fsp3) is 0.462. The van der Waals surface area contributed by atoms with Gasteiger partial charge in [0.1, 0.15) is 5.82 Å². The predicted molar refractivity (Wildman–Crippen MR) is 75.6 cm³/mol. The zero-order chi connectivity index (χ0) is 12.8. The summed E-state index contributed by atoms with van der Waals surface area (Å²) in [5.74, 6) is 1.03. The number of aromatic nitrogens is 2. The van der Waals surface area contributed by atoms with Crippen LogP contribution in [0, 0.1) is 0 Å². The van der Waals surface area contributed by atoms with Crippen molar-refractivity contribution < 1.29 is 0 Å². The van der Waals surface area contributed by atoms with E-state index >= 15 is 0 Å². The van der Waals surface area contributed by atoms with Crippen LogP contribution in [0.15, 0.2) is 29.2 Å². The van der Waals surface area contributed by atoms with Crippen molar-refractivity contribution in [3.05, 3.63) is 40.6 Å². The van der Waals surface area contributed by atoms with Crippen LogP contribution in [-0.2, 0) is 13.1 Å². The minimum Gasteiger partial charge on any atom is -0.348 e. The molecule has 0 aromatic carbocycles. The minimum atomic E-state index is 0.872. The number of imidazole rings is 1. The lowest BCUT2D eigenvalue weighted by molar-refractivity contribution is 0.222. The summed E-state index contributed by atoms with van der Waals surface area (Å²) in [4.78, 5) is 12.1. The van der Waals surface area contributed by atoms with Crippen molar-refractivity contribution in [1.29, 1.82) is 0 Å². The Bertz CT molecular complexity index is 386. The molecule has 0 saturated heterocycles. The number of thiophene rings is 1. The molecule has 0 fully saturated rings. The predicted octanol–water partition coefficient (Wildman–Crippen LogP) is 2.03. The molecule has 4 nitrogen and oxygen atoms in total. The van der Waals surface area contributed by atoms with Gasteiger partial charge in [-0.05, 0) is 36.5 Å². The number of nitrogens with zero attached hydrogens (tertiary/aromatic N) is 3. The van der Waals surface area contributed by atoms with Crippen molar-refractivity contribution in [2.24, 2.45) is 0 Å². The van der Waals surface area contributed by atoms with E-state index in [-0.39, 0.29) is 0 Å². The summed E-state index contributed by atoms with van der Waals surface area (Å²) in [5, 5.41) is 4.34. The molecule has 0 saturated carbocycles. The van der Waals surface area contributed by atoms with Gasteiger partial charge < -0.3 is 9.88 Å². The van der Waals surface area contributed by atoms with Crippen molar-refractivity contribution in [3.8, 4) is 0 Å². The molecule has 0 atom stereocenters. The number of H-pyrrole nitrogens is 1. The molecule has 2 aromatic rings. The third-order valence-corrected chi connectivity index (χ3v) is 3.51. The van der Waals surface area contributed by atoms with Crippen LogP contribution in [0.25, 0.3) is 0 Å². The molecule has 2 rings (SSSR count). The second kappa shape index (κ2) is 6.68. The van der Waals surface area contributed by atoms with Gasteiger partial charge in [0.25, 0.3) is 0 Å². The highest BCUT2D eigenvalue weighted by molar-refractivity contribution is 7.07. The molecule has 0 bridgehead atoms. The lowest BCUT2D eigenvalue weighted by Crippen LogP contribution is -2.31. The Balaban J connectivity index is 1.93. The fourth-order valence-corrected chi connectivity index (χ4v) is 2.45. The number of hydrogen-bond acceptors (Lipinski definition) is 4. The molecular weight excluding hydrogens is 244 g/mol. The van der Waals surface area contributed by atoms with E-state index in [2.05, 4.69) is 50.7 Å². The molecule has 2 heterocycles. The van der Waals surface area contributed by atoms with Gasteiger partial charge in [0, 0.05) is 32.0 Å². The number of hydrogen-bond donors (Lipinski definition) is 1. The smallest absolute Gasteiger partial charge is 0.120 e. The van der Waals surface area contributed by atoms with Gasteiger partial charge in [-0.25, -0.2) is 4.98 Å². The average molecular weight is 264 g/mol. The quantitative estimate of drug-likeness (QED) is 0.831. The summed E-state index contributed by atoms with van der Waals surface area (Å²) in [6.07, 6.45) is 3.69. The summed E-state index contributed by atoms with van der Waals surface area (Å²) in [5.41, 5.74) is 1.38. The van der Waals surface area contributed by atoms with Crippen molar-refractivity contribution in [3.63, 3.8) is 0 Å². The highest BCUT2D eigenvalue weighted by Crippen LogP contribution is 2.11. The van der Waals surface area contributed by atoms with Gasteiger partial charge in [0.2, 0.25) is 0 Å². The molecule has 0 aliphatic carbocycles. The first-order valence-electron chi connectivity index (χ1n) is 6.10. The summed E-state index contributed by atoms with van der Waals surface area (Å²) < 4.78 is 0. The van der Waals surface area contributed by atoms with Gasteiger partial charge in [0.05, 0.1) is 6.54 Å². The van der Waals surface area contributed by atoms with Crippen molar-refractivity contribution in [2.75, 3.05) is 27.2 Å². The molecule has 0 radical (unpaired) electrons. The molecule has 1 N–H and O–H groups in total. The van der Waals surface area contributed by atoms with Crippen LogP contribution >= 0.6 is 11.3 Å². The molecule has 18 heavy (non-hydrogen) atoms. The molecule has 0 spiro atoms. The van der Waals surface area contributed by atoms with E-state index in [1.807, 2.05) is 12.4 Å². The van der Waals surface area contributed by atoms with Crippen LogP contribution in [0.5, 0.6) is 0 Å². The topological polar surface area (TPSA) is 35.2 Å². The first kappa shape index (κ1) is 13.3. The Morgan fingerprint density at radius 2 is 2.17 bits per heavy atom. The SMILES string of the molecule is CN(C)CCN(Cc1ccsc1)Cc1ncc[nH]1. The van der Waals surface area contributed by atoms with E-state index < -0.39 is 0 Å². The Morgan fingerprint density at radius 1 is 1.28 bits per heavy atom. The fourth-order valence-electron chi connectivity index (χ4n) is 1.79. The third kappa shape index (κ3) is 4.25. The first-order valence-corrected chi connectivity index (χ1v) is 7.05. The molecule has 2 aromatic heterocycles. The van der Waals surface area contributed by atoms with E-state index in [9.17, 15) is 0 Å². The molecular formula is C13H20N4S. The highest BCUT2D eigenvalue weighted by atomic mass is 32.1. The molecule has 0 unspecified atom stereocenters. The maximum Gasteiger partial charge on any atom is 0.120 e. The molecule has 5 heteroatoms. The summed E-state index contributed by atoms with van der Waals surface area (Å²) in [6, 6.07) is 2.19. The first-order chi connectivity index (χ1) is 8.74. The van der Waals surface area contributed by atoms with Crippen LogP contribution in [0.4, 0.5) is 0 Å². The standard InChI is InChI=1S/C13H20N4S/c1-16(2)6-7-17(9-12-3-8-18-11-12)10-13-14-4-5-15-13/h3-5,8,11H,6-7,9-10H2,1-2H3,(H,14,15). The molecule has 0 amide bonds. The normalized spacial score (nSPS) is 11.6. The summed E-state index contributed by atoms with van der Waals surface area (Å²) in [7, 11) is 4.21. The Labute approximate surface area is 112 Å². The minimum absolute atomic E-state index is 0.872. The summed E-state index contributed by atoms with van der Waals surface area (Å²) >= 11 is 1.75. The second-order valence-corrected chi connectivity index (χ2v) is 5.46. The Kier molecular flexibility index (Phi) is 4.92.